The fourth-order valence-corrected chi connectivity index (χ4v) is 2.40. The Balaban J connectivity index is 2.56. The molecule has 0 amide bonds. The van der Waals surface area contributed by atoms with Gasteiger partial charge in [0.1, 0.15) is 0 Å². The number of nitrogens with two attached hydrogens (primary N) is 1. The molecule has 1 aromatic rings. The summed E-state index contributed by atoms with van der Waals surface area (Å²) in [6.45, 7) is 6.66. The summed E-state index contributed by atoms with van der Waals surface area (Å²) in [6, 6.07) is 8.97. The van der Waals surface area contributed by atoms with Gasteiger partial charge in [0, 0.05) is 11.8 Å². The Hall–Kier alpha value is -0.470. The van der Waals surface area contributed by atoms with Crippen molar-refractivity contribution in [3.05, 3.63) is 35.4 Å². The highest BCUT2D eigenvalue weighted by Gasteiger charge is 2.05. The summed E-state index contributed by atoms with van der Waals surface area (Å²) in [5.41, 5.74) is 8.78. The van der Waals surface area contributed by atoms with Crippen LogP contribution in [0.5, 0.6) is 0 Å². The van der Waals surface area contributed by atoms with Gasteiger partial charge in [-0.2, -0.15) is 11.8 Å². The highest BCUT2D eigenvalue weighted by atomic mass is 32.2. The van der Waals surface area contributed by atoms with Crippen LogP contribution >= 0.6 is 11.8 Å². The van der Waals surface area contributed by atoms with Crippen LogP contribution in [-0.4, -0.2) is 11.5 Å². The lowest BCUT2D eigenvalue weighted by atomic mass is 10.0. The summed E-state index contributed by atoms with van der Waals surface area (Å²) in [7, 11) is 0. The second-order valence-corrected chi connectivity index (χ2v) is 5.92. The van der Waals surface area contributed by atoms with Gasteiger partial charge in [0.05, 0.1) is 0 Å². The molecule has 0 bridgehead atoms. The second-order valence-electron chi connectivity index (χ2n) is 4.61. The van der Waals surface area contributed by atoms with Crippen LogP contribution < -0.4 is 5.73 Å². The molecule has 2 N–H and O–H groups in total. The molecule has 1 atom stereocenters. The summed E-state index contributed by atoms with van der Waals surface area (Å²) < 4.78 is 0. The van der Waals surface area contributed by atoms with Crippen molar-refractivity contribution in [1.82, 2.24) is 0 Å². The van der Waals surface area contributed by atoms with E-state index in [1.165, 1.54) is 11.1 Å². The molecular weight excluding hydrogens is 214 g/mol. The molecule has 0 spiro atoms. The second kappa shape index (κ2) is 6.97. The molecule has 1 rings (SSSR count). The van der Waals surface area contributed by atoms with E-state index in [9.17, 15) is 0 Å². The van der Waals surface area contributed by atoms with Crippen LogP contribution in [0.15, 0.2) is 24.3 Å². The van der Waals surface area contributed by atoms with Gasteiger partial charge in [0.25, 0.3) is 0 Å². The molecule has 0 aliphatic carbocycles. The van der Waals surface area contributed by atoms with E-state index in [0.29, 0.717) is 0 Å². The van der Waals surface area contributed by atoms with Gasteiger partial charge in [-0.3, -0.25) is 0 Å². The predicted molar refractivity (Wildman–Crippen MR) is 74.9 cm³/mol. The van der Waals surface area contributed by atoms with Gasteiger partial charge in [-0.25, -0.2) is 0 Å². The van der Waals surface area contributed by atoms with Crippen molar-refractivity contribution in [1.29, 1.82) is 0 Å². The summed E-state index contributed by atoms with van der Waals surface area (Å²) >= 11 is 1.90. The highest BCUT2D eigenvalue weighted by molar-refractivity contribution is 7.99. The first-order valence-corrected chi connectivity index (χ1v) is 7.21. The first-order valence-electron chi connectivity index (χ1n) is 6.05. The molecule has 16 heavy (non-hydrogen) atoms. The molecule has 1 nitrogen and oxygen atoms in total. The summed E-state index contributed by atoms with van der Waals surface area (Å²) in [5.74, 6) is 2.87. The highest BCUT2D eigenvalue weighted by Crippen LogP contribution is 2.17. The minimum Gasteiger partial charge on any atom is -0.323 e. The van der Waals surface area contributed by atoms with Crippen LogP contribution in [0, 0.1) is 5.92 Å². The van der Waals surface area contributed by atoms with Crippen molar-refractivity contribution in [2.24, 2.45) is 11.7 Å². The summed E-state index contributed by atoms with van der Waals surface area (Å²) in [4.78, 5) is 0. The third-order valence-corrected chi connectivity index (χ3v) is 3.56. The SMILES string of the molecule is CCSCC(N)c1ccc(CC(C)C)cc1. The predicted octanol–water partition coefficient (Wildman–Crippen LogP) is 3.64. The maximum Gasteiger partial charge on any atom is 0.0386 e. The standard InChI is InChI=1S/C14H23NS/c1-4-16-10-14(15)13-7-5-12(6-8-13)9-11(2)3/h5-8,11,14H,4,9-10,15H2,1-3H3. The average Bonchev–Trinajstić information content (AvgIpc) is 2.26. The zero-order chi connectivity index (χ0) is 12.0. The maximum absolute atomic E-state index is 6.11. The van der Waals surface area contributed by atoms with E-state index >= 15 is 0 Å². The first-order chi connectivity index (χ1) is 7.63. The van der Waals surface area contributed by atoms with Gasteiger partial charge in [-0.15, -0.1) is 0 Å². The molecule has 0 fully saturated rings. The average molecular weight is 237 g/mol. The number of thioether (sulfide) groups is 1. The monoisotopic (exact) mass is 237 g/mol. The smallest absolute Gasteiger partial charge is 0.0386 e. The lowest BCUT2D eigenvalue weighted by Crippen LogP contribution is -2.13. The molecule has 2 heteroatoms. The van der Waals surface area contributed by atoms with E-state index in [1.807, 2.05) is 11.8 Å². The van der Waals surface area contributed by atoms with Crippen LogP contribution in [0.2, 0.25) is 0 Å². The normalized spacial score (nSPS) is 13.1. The van der Waals surface area contributed by atoms with Gasteiger partial charge in [-0.1, -0.05) is 45.0 Å². The zero-order valence-electron chi connectivity index (χ0n) is 10.6. The van der Waals surface area contributed by atoms with E-state index in [-0.39, 0.29) is 6.04 Å². The quantitative estimate of drug-likeness (QED) is 0.817. The van der Waals surface area contributed by atoms with E-state index in [2.05, 4.69) is 45.0 Å². The van der Waals surface area contributed by atoms with E-state index in [0.717, 1.165) is 23.8 Å². The molecule has 0 saturated heterocycles. The van der Waals surface area contributed by atoms with Crippen LogP contribution in [0.1, 0.15) is 37.9 Å². The van der Waals surface area contributed by atoms with Gasteiger partial charge < -0.3 is 5.73 Å². The zero-order valence-corrected chi connectivity index (χ0v) is 11.4. The van der Waals surface area contributed by atoms with E-state index in [4.69, 9.17) is 5.73 Å². The number of hydrogen-bond acceptors (Lipinski definition) is 2. The number of benzene rings is 1. The van der Waals surface area contributed by atoms with Crippen molar-refractivity contribution in [3.63, 3.8) is 0 Å². The van der Waals surface area contributed by atoms with Crippen LogP contribution in [-0.2, 0) is 6.42 Å². The topological polar surface area (TPSA) is 26.0 Å². The van der Waals surface area contributed by atoms with Crippen LogP contribution in [0.3, 0.4) is 0 Å². The van der Waals surface area contributed by atoms with Gasteiger partial charge >= 0.3 is 0 Å². The molecule has 1 unspecified atom stereocenters. The minimum atomic E-state index is 0.179. The fourth-order valence-electron chi connectivity index (χ4n) is 1.71. The van der Waals surface area contributed by atoms with Gasteiger partial charge in [-0.05, 0) is 29.2 Å². The molecule has 0 heterocycles. The molecule has 0 radical (unpaired) electrons. The minimum absolute atomic E-state index is 0.179. The van der Waals surface area contributed by atoms with Gasteiger partial charge in [0.15, 0.2) is 0 Å². The Labute approximate surface area is 104 Å². The van der Waals surface area contributed by atoms with Crippen molar-refractivity contribution in [3.8, 4) is 0 Å². The Kier molecular flexibility index (Phi) is 5.93. The van der Waals surface area contributed by atoms with Crippen molar-refractivity contribution >= 4 is 11.8 Å². The molecule has 90 valence electrons. The molecule has 0 saturated carbocycles. The Morgan fingerprint density at radius 1 is 1.19 bits per heavy atom. The van der Waals surface area contributed by atoms with Crippen molar-refractivity contribution in [2.45, 2.75) is 33.2 Å². The Morgan fingerprint density at radius 3 is 2.31 bits per heavy atom. The first kappa shape index (κ1) is 13.6. The Morgan fingerprint density at radius 2 is 1.81 bits per heavy atom. The lowest BCUT2D eigenvalue weighted by Gasteiger charge is -2.12. The van der Waals surface area contributed by atoms with Gasteiger partial charge in [0.2, 0.25) is 0 Å². The lowest BCUT2D eigenvalue weighted by molar-refractivity contribution is 0.647. The molecular formula is C14H23NS. The number of hydrogen-bond donors (Lipinski definition) is 1. The molecule has 0 aliphatic heterocycles. The summed E-state index contributed by atoms with van der Waals surface area (Å²) in [5, 5.41) is 0. The van der Waals surface area contributed by atoms with E-state index < -0.39 is 0 Å². The maximum atomic E-state index is 6.11. The van der Waals surface area contributed by atoms with Crippen molar-refractivity contribution < 1.29 is 0 Å². The van der Waals surface area contributed by atoms with Crippen LogP contribution in [0.4, 0.5) is 0 Å². The Bertz CT molecular complexity index is 292. The van der Waals surface area contributed by atoms with E-state index in [1.54, 1.807) is 0 Å². The number of rotatable bonds is 6. The van der Waals surface area contributed by atoms with Crippen LogP contribution in [0.25, 0.3) is 0 Å². The third kappa shape index (κ3) is 4.58. The molecule has 0 aliphatic rings. The molecule has 1 aromatic carbocycles. The third-order valence-electron chi connectivity index (χ3n) is 2.55. The largest absolute Gasteiger partial charge is 0.323 e. The molecule has 0 aromatic heterocycles. The fraction of sp³-hybridized carbons (Fsp3) is 0.571. The van der Waals surface area contributed by atoms with Crippen molar-refractivity contribution in [2.75, 3.05) is 11.5 Å². The summed E-state index contributed by atoms with van der Waals surface area (Å²) in [6.07, 6.45) is 1.15.